The molecule has 0 radical (unpaired) electrons. The van der Waals surface area contributed by atoms with Crippen LogP contribution in [0.4, 0.5) is 0 Å². The number of fused-ring (bicyclic) bond motifs is 1. The Balaban J connectivity index is 1.78. The van der Waals surface area contributed by atoms with Crippen molar-refractivity contribution in [3.63, 3.8) is 0 Å². The Morgan fingerprint density at radius 3 is 2.62 bits per heavy atom. The van der Waals surface area contributed by atoms with Crippen molar-refractivity contribution in [3.8, 4) is 5.75 Å². The first-order chi connectivity index (χ1) is 10.1. The second-order valence-corrected chi connectivity index (χ2v) is 6.12. The van der Waals surface area contributed by atoms with Crippen molar-refractivity contribution in [2.75, 3.05) is 0 Å². The molecule has 0 saturated carbocycles. The summed E-state index contributed by atoms with van der Waals surface area (Å²) in [4.78, 5) is 12.0. The maximum atomic E-state index is 11.0. The van der Waals surface area contributed by atoms with Gasteiger partial charge in [0.1, 0.15) is 12.4 Å². The zero-order valence-electron chi connectivity index (χ0n) is 10.9. The highest BCUT2D eigenvalue weighted by Gasteiger charge is 2.07. The largest absolute Gasteiger partial charge is 0.488 e. The van der Waals surface area contributed by atoms with E-state index in [9.17, 15) is 4.79 Å². The lowest BCUT2D eigenvalue weighted by Gasteiger charge is -2.03. The normalized spacial score (nSPS) is 10.7. The smallest absolute Gasteiger partial charge is 0.335 e. The third-order valence-electron chi connectivity index (χ3n) is 3.01. The number of aromatic carboxylic acids is 1. The number of hydrogen-bond donors (Lipinski definition) is 1. The minimum absolute atomic E-state index is 0.297. The van der Waals surface area contributed by atoms with Crippen molar-refractivity contribution in [1.29, 1.82) is 0 Å². The summed E-state index contributed by atoms with van der Waals surface area (Å²) in [6.45, 7) is 0.448. The predicted octanol–water partition coefficient (Wildman–Crippen LogP) is 4.83. The van der Waals surface area contributed by atoms with Gasteiger partial charge in [0, 0.05) is 14.6 Å². The fourth-order valence-electron chi connectivity index (χ4n) is 1.99. The van der Waals surface area contributed by atoms with Crippen LogP contribution in [0.5, 0.6) is 5.75 Å². The second kappa shape index (κ2) is 5.76. The van der Waals surface area contributed by atoms with E-state index in [1.807, 2.05) is 24.3 Å². The number of benzene rings is 2. The number of carboxylic acids is 1. The molecule has 3 aromatic rings. The monoisotopic (exact) mass is 318 g/mol. The maximum absolute atomic E-state index is 11.0. The minimum atomic E-state index is -0.915. The molecule has 1 aromatic heterocycles. The first kappa shape index (κ1) is 13.9. The van der Waals surface area contributed by atoms with E-state index in [0.29, 0.717) is 17.2 Å². The number of carbonyl (C=O) groups is 1. The number of ether oxygens (including phenoxy) is 1. The fourth-order valence-corrected chi connectivity index (χ4v) is 3.07. The Hall–Kier alpha value is -2.04. The minimum Gasteiger partial charge on any atom is -0.488 e. The van der Waals surface area contributed by atoms with Gasteiger partial charge >= 0.3 is 5.97 Å². The van der Waals surface area contributed by atoms with Crippen molar-refractivity contribution in [1.82, 2.24) is 0 Å². The molecule has 0 aliphatic heterocycles. The van der Waals surface area contributed by atoms with Crippen LogP contribution in [0, 0.1) is 0 Å². The molecule has 0 atom stereocenters. The van der Waals surface area contributed by atoms with Crippen LogP contribution in [0.2, 0.25) is 5.02 Å². The van der Waals surface area contributed by atoms with Crippen LogP contribution in [0.3, 0.4) is 0 Å². The Labute approximate surface area is 130 Å². The third kappa shape index (κ3) is 3.17. The van der Waals surface area contributed by atoms with Crippen LogP contribution in [-0.2, 0) is 6.61 Å². The molecule has 0 fully saturated rings. The van der Waals surface area contributed by atoms with Crippen LogP contribution in [-0.4, -0.2) is 11.1 Å². The van der Waals surface area contributed by atoms with Crippen LogP contribution in [0.25, 0.3) is 10.1 Å². The fraction of sp³-hybridized carbons (Fsp3) is 0.0625. The van der Waals surface area contributed by atoms with Gasteiger partial charge in [-0.05, 0) is 53.9 Å². The molecular formula is C16H11ClO3S. The van der Waals surface area contributed by atoms with E-state index in [-0.39, 0.29) is 0 Å². The summed E-state index contributed by atoms with van der Waals surface area (Å²) in [7, 11) is 0. The molecule has 2 aromatic carbocycles. The highest BCUT2D eigenvalue weighted by atomic mass is 35.5. The van der Waals surface area contributed by atoms with Gasteiger partial charge in [-0.2, -0.15) is 0 Å². The van der Waals surface area contributed by atoms with E-state index in [4.69, 9.17) is 21.4 Å². The molecule has 3 rings (SSSR count). The van der Waals surface area contributed by atoms with Crippen LogP contribution >= 0.6 is 22.9 Å². The summed E-state index contributed by atoms with van der Waals surface area (Å²) in [6, 6.07) is 14.3. The van der Waals surface area contributed by atoms with Gasteiger partial charge in [0.15, 0.2) is 0 Å². The van der Waals surface area contributed by atoms with Crippen molar-refractivity contribution in [2.24, 2.45) is 0 Å². The van der Waals surface area contributed by atoms with Gasteiger partial charge in [-0.3, -0.25) is 0 Å². The van der Waals surface area contributed by atoms with Crippen molar-refractivity contribution < 1.29 is 14.6 Å². The Kier molecular flexibility index (Phi) is 3.82. The average molecular weight is 319 g/mol. The van der Waals surface area contributed by atoms with E-state index < -0.39 is 5.97 Å². The lowest BCUT2D eigenvalue weighted by molar-refractivity contribution is 0.0697. The second-order valence-electron chi connectivity index (χ2n) is 4.51. The molecule has 1 N–H and O–H groups in total. The number of thiophene rings is 1. The SMILES string of the molecule is O=C(O)c1ccc2sc(COc3ccc(Cl)cc3)cc2c1. The summed E-state index contributed by atoms with van der Waals surface area (Å²) >= 11 is 7.42. The molecule has 0 aliphatic rings. The molecule has 5 heteroatoms. The molecule has 21 heavy (non-hydrogen) atoms. The van der Waals surface area contributed by atoms with E-state index in [1.165, 1.54) is 0 Å². The topological polar surface area (TPSA) is 46.5 Å². The Morgan fingerprint density at radius 1 is 1.14 bits per heavy atom. The van der Waals surface area contributed by atoms with Gasteiger partial charge in [-0.15, -0.1) is 11.3 Å². The van der Waals surface area contributed by atoms with Crippen molar-refractivity contribution in [3.05, 3.63) is 64.0 Å². The van der Waals surface area contributed by atoms with Crippen LogP contribution < -0.4 is 4.74 Å². The van der Waals surface area contributed by atoms with Gasteiger partial charge in [0.05, 0.1) is 5.56 Å². The first-order valence-corrected chi connectivity index (χ1v) is 7.45. The molecule has 0 unspecified atom stereocenters. The number of carboxylic acid groups (broad SMARTS) is 1. The van der Waals surface area contributed by atoms with E-state index in [0.717, 1.165) is 20.7 Å². The molecular weight excluding hydrogens is 308 g/mol. The van der Waals surface area contributed by atoms with Gasteiger partial charge < -0.3 is 9.84 Å². The van der Waals surface area contributed by atoms with Gasteiger partial charge in [-0.25, -0.2) is 4.79 Å². The Morgan fingerprint density at radius 2 is 1.90 bits per heavy atom. The standard InChI is InChI=1S/C16H11ClO3S/c17-12-2-4-13(5-3-12)20-9-14-8-11-7-10(16(18)19)1-6-15(11)21-14/h1-8H,9H2,(H,18,19). The van der Waals surface area contributed by atoms with Gasteiger partial charge in [0.2, 0.25) is 0 Å². The lowest BCUT2D eigenvalue weighted by Crippen LogP contribution is -1.94. The highest BCUT2D eigenvalue weighted by Crippen LogP contribution is 2.28. The molecule has 0 saturated heterocycles. The van der Waals surface area contributed by atoms with Crippen LogP contribution in [0.15, 0.2) is 48.5 Å². The number of rotatable bonds is 4. The Bertz CT molecular complexity index is 793. The third-order valence-corrected chi connectivity index (χ3v) is 4.35. The van der Waals surface area contributed by atoms with Crippen LogP contribution in [0.1, 0.15) is 15.2 Å². The van der Waals surface area contributed by atoms with E-state index in [2.05, 4.69) is 0 Å². The average Bonchev–Trinajstić information content (AvgIpc) is 2.88. The zero-order chi connectivity index (χ0) is 14.8. The molecule has 3 nitrogen and oxygen atoms in total. The van der Waals surface area contributed by atoms with E-state index >= 15 is 0 Å². The maximum Gasteiger partial charge on any atom is 0.335 e. The van der Waals surface area contributed by atoms with E-state index in [1.54, 1.807) is 35.6 Å². The lowest BCUT2D eigenvalue weighted by atomic mass is 10.1. The van der Waals surface area contributed by atoms with Gasteiger partial charge in [0.25, 0.3) is 0 Å². The van der Waals surface area contributed by atoms with Gasteiger partial charge in [-0.1, -0.05) is 11.6 Å². The molecule has 0 bridgehead atoms. The van der Waals surface area contributed by atoms with Crippen molar-refractivity contribution >= 4 is 39.0 Å². The molecule has 0 amide bonds. The first-order valence-electron chi connectivity index (χ1n) is 6.26. The highest BCUT2D eigenvalue weighted by molar-refractivity contribution is 7.19. The summed E-state index contributed by atoms with van der Waals surface area (Å²) in [5, 5.41) is 10.6. The number of halogens is 1. The summed E-state index contributed by atoms with van der Waals surface area (Å²) in [5.74, 6) is -0.162. The van der Waals surface area contributed by atoms with Crippen molar-refractivity contribution in [2.45, 2.75) is 6.61 Å². The summed E-state index contributed by atoms with van der Waals surface area (Å²) < 4.78 is 6.74. The molecule has 0 spiro atoms. The zero-order valence-corrected chi connectivity index (χ0v) is 12.4. The quantitative estimate of drug-likeness (QED) is 0.749. The number of hydrogen-bond acceptors (Lipinski definition) is 3. The molecule has 0 aliphatic carbocycles. The predicted molar refractivity (Wildman–Crippen MR) is 84.6 cm³/mol. The summed E-state index contributed by atoms with van der Waals surface area (Å²) in [5.41, 5.74) is 0.297. The molecule has 106 valence electrons. The molecule has 1 heterocycles. The summed E-state index contributed by atoms with van der Waals surface area (Å²) in [6.07, 6.45) is 0.